The summed E-state index contributed by atoms with van der Waals surface area (Å²) in [5, 5.41) is 0. The summed E-state index contributed by atoms with van der Waals surface area (Å²) in [6.07, 6.45) is 6.42. The number of nitrogens with two attached hydrogens (primary N) is 1. The molecule has 2 N–H and O–H groups in total. The molecule has 0 bridgehead atoms. The molecule has 3 nitrogen and oxygen atoms in total. The van der Waals surface area contributed by atoms with Crippen LogP contribution in [0.1, 0.15) is 43.7 Å². The van der Waals surface area contributed by atoms with Crippen LogP contribution in [0.3, 0.4) is 0 Å². The van der Waals surface area contributed by atoms with E-state index in [4.69, 9.17) is 15.2 Å². The van der Waals surface area contributed by atoms with E-state index in [2.05, 4.69) is 0 Å². The Balaban J connectivity index is 0.00000180. The normalized spacial score (nSPS) is 17.4. The molecule has 1 aliphatic rings. The molecule has 0 aromatic heterocycles. The van der Waals surface area contributed by atoms with Crippen molar-refractivity contribution in [3.05, 3.63) is 23.8 Å². The number of halogens is 1. The highest BCUT2D eigenvalue weighted by molar-refractivity contribution is 5.85. The minimum absolute atomic E-state index is 0. The van der Waals surface area contributed by atoms with Crippen LogP contribution < -0.4 is 15.2 Å². The molecular weight excluding hydrogens is 262 g/mol. The molecule has 1 aromatic rings. The zero-order valence-electron chi connectivity index (χ0n) is 11.7. The van der Waals surface area contributed by atoms with Gasteiger partial charge in [-0.2, -0.15) is 0 Å². The standard InChI is InChI=1S/C15H23NO2.ClH/c1-17-12-8-9-13(14(10-12)18-2)15(16)11-6-4-3-5-7-11;/h8-11,15H,3-7,16H2,1-2H3;1H/t15-;/m1./s1. The van der Waals surface area contributed by atoms with Crippen molar-refractivity contribution >= 4 is 12.4 Å². The molecule has 0 saturated heterocycles. The van der Waals surface area contributed by atoms with Crippen molar-refractivity contribution in [1.29, 1.82) is 0 Å². The van der Waals surface area contributed by atoms with Crippen LogP contribution in [-0.2, 0) is 0 Å². The molecular formula is C15H24ClNO2. The second kappa shape index (κ2) is 7.61. The number of ether oxygens (including phenoxy) is 2. The van der Waals surface area contributed by atoms with Gasteiger partial charge in [-0.15, -0.1) is 12.4 Å². The summed E-state index contributed by atoms with van der Waals surface area (Å²) in [6, 6.07) is 5.99. The summed E-state index contributed by atoms with van der Waals surface area (Å²) in [7, 11) is 3.35. The van der Waals surface area contributed by atoms with Gasteiger partial charge < -0.3 is 15.2 Å². The molecule has 4 heteroatoms. The second-order valence-corrected chi connectivity index (χ2v) is 5.03. The summed E-state index contributed by atoms with van der Waals surface area (Å²) in [5.74, 6) is 2.24. The SMILES string of the molecule is COc1ccc([C@H](N)C2CCCCC2)c(OC)c1.Cl. The zero-order chi connectivity index (χ0) is 13.0. The first-order valence-corrected chi connectivity index (χ1v) is 6.73. The maximum absolute atomic E-state index is 6.42. The quantitative estimate of drug-likeness (QED) is 0.917. The molecule has 1 fully saturated rings. The Bertz CT molecular complexity index is 392. The number of benzene rings is 1. The topological polar surface area (TPSA) is 44.5 Å². The molecule has 1 saturated carbocycles. The summed E-state index contributed by atoms with van der Waals surface area (Å²) < 4.78 is 10.7. The van der Waals surface area contributed by atoms with Gasteiger partial charge in [-0.3, -0.25) is 0 Å². The molecule has 1 aliphatic carbocycles. The highest BCUT2D eigenvalue weighted by Crippen LogP contribution is 2.37. The van der Waals surface area contributed by atoms with Crippen LogP contribution in [-0.4, -0.2) is 14.2 Å². The van der Waals surface area contributed by atoms with E-state index in [0.717, 1.165) is 17.1 Å². The monoisotopic (exact) mass is 285 g/mol. The van der Waals surface area contributed by atoms with E-state index in [1.165, 1.54) is 32.1 Å². The Morgan fingerprint density at radius 2 is 1.79 bits per heavy atom. The van der Waals surface area contributed by atoms with Crippen molar-refractivity contribution < 1.29 is 9.47 Å². The van der Waals surface area contributed by atoms with Crippen molar-refractivity contribution in [2.24, 2.45) is 11.7 Å². The largest absolute Gasteiger partial charge is 0.497 e. The summed E-state index contributed by atoms with van der Waals surface area (Å²) in [6.45, 7) is 0. The first-order valence-electron chi connectivity index (χ1n) is 6.73. The maximum atomic E-state index is 6.42. The predicted octanol–water partition coefficient (Wildman–Crippen LogP) is 3.71. The average Bonchev–Trinajstić information content (AvgIpc) is 2.46. The van der Waals surface area contributed by atoms with Crippen LogP contribution >= 0.6 is 12.4 Å². The van der Waals surface area contributed by atoms with Crippen molar-refractivity contribution in [3.8, 4) is 11.5 Å². The van der Waals surface area contributed by atoms with Gasteiger partial charge in [0.25, 0.3) is 0 Å². The van der Waals surface area contributed by atoms with Gasteiger partial charge in [-0.25, -0.2) is 0 Å². The Hall–Kier alpha value is -0.930. The fourth-order valence-corrected chi connectivity index (χ4v) is 2.84. The van der Waals surface area contributed by atoms with Gasteiger partial charge in [0.1, 0.15) is 11.5 Å². The summed E-state index contributed by atoms with van der Waals surface area (Å²) >= 11 is 0. The van der Waals surface area contributed by atoms with E-state index in [0.29, 0.717) is 5.92 Å². The van der Waals surface area contributed by atoms with Gasteiger partial charge in [-0.1, -0.05) is 25.3 Å². The molecule has 19 heavy (non-hydrogen) atoms. The van der Waals surface area contributed by atoms with Gasteiger partial charge in [0, 0.05) is 17.7 Å². The molecule has 2 rings (SSSR count). The lowest BCUT2D eigenvalue weighted by atomic mass is 9.81. The molecule has 1 aromatic carbocycles. The maximum Gasteiger partial charge on any atom is 0.127 e. The van der Waals surface area contributed by atoms with Crippen molar-refractivity contribution in [2.45, 2.75) is 38.1 Å². The molecule has 0 unspecified atom stereocenters. The third kappa shape index (κ3) is 3.77. The first kappa shape index (κ1) is 16.1. The molecule has 0 heterocycles. The fraction of sp³-hybridized carbons (Fsp3) is 0.600. The Morgan fingerprint density at radius 3 is 2.37 bits per heavy atom. The number of hydrogen-bond donors (Lipinski definition) is 1. The van der Waals surface area contributed by atoms with Crippen LogP contribution in [0.25, 0.3) is 0 Å². The summed E-state index contributed by atoms with van der Waals surface area (Å²) in [4.78, 5) is 0. The first-order chi connectivity index (χ1) is 8.76. The van der Waals surface area contributed by atoms with Gasteiger partial charge in [0.15, 0.2) is 0 Å². The molecule has 0 radical (unpaired) electrons. The second-order valence-electron chi connectivity index (χ2n) is 5.03. The summed E-state index contributed by atoms with van der Waals surface area (Å²) in [5.41, 5.74) is 7.52. The van der Waals surface area contributed by atoms with E-state index in [1.54, 1.807) is 14.2 Å². The van der Waals surface area contributed by atoms with E-state index < -0.39 is 0 Å². The van der Waals surface area contributed by atoms with Gasteiger partial charge >= 0.3 is 0 Å². The Morgan fingerprint density at radius 1 is 1.11 bits per heavy atom. The van der Waals surface area contributed by atoms with Crippen LogP contribution in [0.15, 0.2) is 18.2 Å². The minimum Gasteiger partial charge on any atom is -0.497 e. The van der Waals surface area contributed by atoms with E-state index in [1.807, 2.05) is 18.2 Å². The van der Waals surface area contributed by atoms with E-state index in [-0.39, 0.29) is 18.4 Å². The van der Waals surface area contributed by atoms with Gasteiger partial charge in [0.2, 0.25) is 0 Å². The fourth-order valence-electron chi connectivity index (χ4n) is 2.84. The van der Waals surface area contributed by atoms with Gasteiger partial charge in [0.05, 0.1) is 14.2 Å². The lowest BCUT2D eigenvalue weighted by Gasteiger charge is -2.28. The number of methoxy groups -OCH3 is 2. The highest BCUT2D eigenvalue weighted by Gasteiger charge is 2.24. The molecule has 108 valence electrons. The smallest absolute Gasteiger partial charge is 0.127 e. The minimum atomic E-state index is 0. The number of hydrogen-bond acceptors (Lipinski definition) is 3. The molecule has 0 spiro atoms. The van der Waals surface area contributed by atoms with Gasteiger partial charge in [-0.05, 0) is 24.8 Å². The lowest BCUT2D eigenvalue weighted by molar-refractivity contribution is 0.300. The number of rotatable bonds is 4. The van der Waals surface area contributed by atoms with Crippen molar-refractivity contribution in [2.75, 3.05) is 14.2 Å². The van der Waals surface area contributed by atoms with Crippen molar-refractivity contribution in [1.82, 2.24) is 0 Å². The third-order valence-electron chi connectivity index (χ3n) is 3.96. The lowest BCUT2D eigenvalue weighted by Crippen LogP contribution is -2.24. The van der Waals surface area contributed by atoms with E-state index in [9.17, 15) is 0 Å². The van der Waals surface area contributed by atoms with Crippen LogP contribution in [0, 0.1) is 5.92 Å². The van der Waals surface area contributed by atoms with Crippen LogP contribution in [0.4, 0.5) is 0 Å². The Labute approximate surface area is 121 Å². The average molecular weight is 286 g/mol. The van der Waals surface area contributed by atoms with Crippen molar-refractivity contribution in [3.63, 3.8) is 0 Å². The molecule has 0 aliphatic heterocycles. The third-order valence-corrected chi connectivity index (χ3v) is 3.96. The molecule has 1 atom stereocenters. The molecule has 0 amide bonds. The predicted molar refractivity (Wildman–Crippen MR) is 80.3 cm³/mol. The van der Waals surface area contributed by atoms with Crippen LogP contribution in [0.5, 0.6) is 11.5 Å². The van der Waals surface area contributed by atoms with Crippen LogP contribution in [0.2, 0.25) is 0 Å². The highest BCUT2D eigenvalue weighted by atomic mass is 35.5. The Kier molecular flexibility index (Phi) is 6.46. The zero-order valence-corrected chi connectivity index (χ0v) is 12.5. The van der Waals surface area contributed by atoms with E-state index >= 15 is 0 Å².